The first-order valence-electron chi connectivity index (χ1n) is 4.07. The largest absolute Gasteiger partial charge is 0.494 e. The third-order valence-electron chi connectivity index (χ3n) is 2.15. The summed E-state index contributed by atoms with van der Waals surface area (Å²) in [6.45, 7) is 3.41. The van der Waals surface area contributed by atoms with Crippen molar-refractivity contribution < 1.29 is 13.2 Å². The minimum Gasteiger partial charge on any atom is -0.494 e. The van der Waals surface area contributed by atoms with E-state index in [-0.39, 0.29) is 15.7 Å². The Hall–Kier alpha value is -0.450. The molecule has 1 aromatic carbocycles. The summed E-state index contributed by atoms with van der Waals surface area (Å²) in [5.41, 5.74) is 1.30. The monoisotopic (exact) mass is 268 g/mol. The summed E-state index contributed by atoms with van der Waals surface area (Å²) in [5.74, 6) is 0.0924. The van der Waals surface area contributed by atoms with Crippen molar-refractivity contribution in [2.24, 2.45) is 0 Å². The van der Waals surface area contributed by atoms with E-state index in [0.717, 1.165) is 5.56 Å². The zero-order chi connectivity index (χ0) is 11.8. The Kier molecular flexibility index (Phi) is 3.53. The van der Waals surface area contributed by atoms with Gasteiger partial charge in [0.1, 0.15) is 4.90 Å². The van der Waals surface area contributed by atoms with Crippen LogP contribution in [0.4, 0.5) is 0 Å². The van der Waals surface area contributed by atoms with Gasteiger partial charge in [-0.25, -0.2) is 8.42 Å². The van der Waals surface area contributed by atoms with Gasteiger partial charge in [0.05, 0.1) is 12.1 Å². The minimum atomic E-state index is -3.86. The lowest BCUT2D eigenvalue weighted by Crippen LogP contribution is -2.01. The van der Waals surface area contributed by atoms with Gasteiger partial charge in [-0.15, -0.1) is 0 Å². The molecule has 0 unspecified atom stereocenters. The first-order chi connectivity index (χ1) is 6.79. The number of benzene rings is 1. The van der Waals surface area contributed by atoms with Crippen molar-refractivity contribution in [3.63, 3.8) is 0 Å². The summed E-state index contributed by atoms with van der Waals surface area (Å²) in [4.78, 5) is -0.0586. The fourth-order valence-electron chi connectivity index (χ4n) is 1.31. The van der Waals surface area contributed by atoms with Crippen LogP contribution in [0.1, 0.15) is 11.1 Å². The molecule has 0 aliphatic carbocycles. The maximum absolute atomic E-state index is 11.4. The first-order valence-corrected chi connectivity index (χ1v) is 6.76. The average Bonchev–Trinajstić information content (AvgIpc) is 2.08. The van der Waals surface area contributed by atoms with E-state index >= 15 is 0 Å². The topological polar surface area (TPSA) is 43.4 Å². The molecule has 1 rings (SSSR count). The quantitative estimate of drug-likeness (QED) is 0.775. The third-order valence-corrected chi connectivity index (χ3v) is 3.87. The van der Waals surface area contributed by atoms with Crippen molar-refractivity contribution in [3.05, 3.63) is 22.2 Å². The van der Waals surface area contributed by atoms with Crippen molar-refractivity contribution in [2.45, 2.75) is 18.7 Å². The standard InChI is InChI=1S/C9H10Cl2O3S/c1-5-4-7(10)8(14-3)9(6(5)2)15(11,12)13/h4H,1-3H3. The van der Waals surface area contributed by atoms with Gasteiger partial charge in [-0.1, -0.05) is 11.6 Å². The van der Waals surface area contributed by atoms with E-state index in [1.165, 1.54) is 7.11 Å². The van der Waals surface area contributed by atoms with Gasteiger partial charge < -0.3 is 4.74 Å². The lowest BCUT2D eigenvalue weighted by atomic mass is 10.1. The molecule has 84 valence electrons. The summed E-state index contributed by atoms with van der Waals surface area (Å²) >= 11 is 5.86. The molecule has 0 spiro atoms. The summed E-state index contributed by atoms with van der Waals surface area (Å²) < 4.78 is 27.7. The predicted octanol–water partition coefficient (Wildman–Crippen LogP) is 2.89. The Morgan fingerprint density at radius 2 is 1.87 bits per heavy atom. The second kappa shape index (κ2) is 4.20. The van der Waals surface area contributed by atoms with Gasteiger partial charge in [-0.05, 0) is 31.0 Å². The number of hydrogen-bond donors (Lipinski definition) is 0. The number of methoxy groups -OCH3 is 1. The lowest BCUT2D eigenvalue weighted by molar-refractivity contribution is 0.402. The Morgan fingerprint density at radius 3 is 2.27 bits per heavy atom. The Bertz CT molecular complexity index is 495. The maximum Gasteiger partial charge on any atom is 0.265 e. The smallest absolute Gasteiger partial charge is 0.265 e. The van der Waals surface area contributed by atoms with E-state index < -0.39 is 9.05 Å². The summed E-state index contributed by atoms with van der Waals surface area (Å²) in [7, 11) is 2.82. The van der Waals surface area contributed by atoms with Gasteiger partial charge >= 0.3 is 0 Å². The van der Waals surface area contributed by atoms with Crippen LogP contribution in [0.25, 0.3) is 0 Å². The molecule has 0 heterocycles. The van der Waals surface area contributed by atoms with Crippen molar-refractivity contribution in [3.8, 4) is 5.75 Å². The van der Waals surface area contributed by atoms with Crippen LogP contribution in [0.15, 0.2) is 11.0 Å². The molecule has 0 atom stereocenters. The Morgan fingerprint density at radius 1 is 1.33 bits per heavy atom. The number of halogens is 2. The molecule has 0 aliphatic heterocycles. The van der Waals surface area contributed by atoms with Crippen LogP contribution in [-0.4, -0.2) is 15.5 Å². The molecular weight excluding hydrogens is 259 g/mol. The fourth-order valence-corrected chi connectivity index (χ4v) is 3.20. The molecule has 15 heavy (non-hydrogen) atoms. The molecular formula is C9H10Cl2O3S. The summed E-state index contributed by atoms with van der Waals surface area (Å²) in [6.07, 6.45) is 0. The molecule has 0 radical (unpaired) electrons. The number of rotatable bonds is 2. The normalized spacial score (nSPS) is 11.5. The van der Waals surface area contributed by atoms with Crippen molar-refractivity contribution >= 4 is 31.3 Å². The van der Waals surface area contributed by atoms with E-state index in [9.17, 15) is 8.42 Å². The minimum absolute atomic E-state index is 0.0586. The highest BCUT2D eigenvalue weighted by Gasteiger charge is 2.23. The average molecular weight is 269 g/mol. The SMILES string of the molecule is COc1c(Cl)cc(C)c(C)c1S(=O)(=O)Cl. The number of aryl methyl sites for hydroxylation is 1. The highest BCUT2D eigenvalue weighted by Crippen LogP contribution is 2.37. The highest BCUT2D eigenvalue weighted by molar-refractivity contribution is 8.13. The third kappa shape index (κ3) is 2.38. The molecule has 0 saturated heterocycles. The molecule has 0 aliphatic rings. The summed E-state index contributed by atoms with van der Waals surface area (Å²) in [6, 6.07) is 1.64. The zero-order valence-electron chi connectivity index (χ0n) is 8.47. The zero-order valence-corrected chi connectivity index (χ0v) is 10.8. The number of ether oxygens (including phenoxy) is 1. The van der Waals surface area contributed by atoms with Gasteiger partial charge in [0, 0.05) is 10.7 Å². The molecule has 6 heteroatoms. The highest BCUT2D eigenvalue weighted by atomic mass is 35.7. The molecule has 0 amide bonds. The Balaban J connectivity index is 3.74. The first kappa shape index (κ1) is 12.6. The predicted molar refractivity (Wildman–Crippen MR) is 60.5 cm³/mol. The van der Waals surface area contributed by atoms with E-state index in [2.05, 4.69) is 0 Å². The van der Waals surface area contributed by atoms with Crippen LogP contribution < -0.4 is 4.74 Å². The maximum atomic E-state index is 11.4. The van der Waals surface area contributed by atoms with Crippen LogP contribution in [0, 0.1) is 13.8 Å². The van der Waals surface area contributed by atoms with E-state index in [0.29, 0.717) is 5.56 Å². The molecule has 0 N–H and O–H groups in total. The van der Waals surface area contributed by atoms with Gasteiger partial charge in [0.25, 0.3) is 9.05 Å². The van der Waals surface area contributed by atoms with Crippen LogP contribution in [0.2, 0.25) is 5.02 Å². The number of hydrogen-bond acceptors (Lipinski definition) is 3. The van der Waals surface area contributed by atoms with E-state index in [4.69, 9.17) is 27.0 Å². The Labute approximate surface area is 98.4 Å². The summed E-state index contributed by atoms with van der Waals surface area (Å²) in [5, 5.41) is 0.236. The van der Waals surface area contributed by atoms with Gasteiger partial charge in [0.2, 0.25) is 0 Å². The van der Waals surface area contributed by atoms with Gasteiger partial charge in [-0.2, -0.15) is 0 Å². The second-order valence-corrected chi connectivity index (χ2v) is 6.01. The van der Waals surface area contributed by atoms with Crippen molar-refractivity contribution in [2.75, 3.05) is 7.11 Å². The van der Waals surface area contributed by atoms with Crippen LogP contribution in [-0.2, 0) is 9.05 Å². The van der Waals surface area contributed by atoms with E-state index in [1.54, 1.807) is 19.9 Å². The van der Waals surface area contributed by atoms with E-state index in [1.807, 2.05) is 0 Å². The molecule has 0 bridgehead atoms. The van der Waals surface area contributed by atoms with Gasteiger partial charge in [0.15, 0.2) is 5.75 Å². The van der Waals surface area contributed by atoms with Crippen LogP contribution >= 0.6 is 22.3 Å². The molecule has 0 aromatic heterocycles. The molecule has 1 aromatic rings. The van der Waals surface area contributed by atoms with Crippen LogP contribution in [0.3, 0.4) is 0 Å². The van der Waals surface area contributed by atoms with Crippen molar-refractivity contribution in [1.82, 2.24) is 0 Å². The van der Waals surface area contributed by atoms with Crippen molar-refractivity contribution in [1.29, 1.82) is 0 Å². The van der Waals surface area contributed by atoms with Gasteiger partial charge in [-0.3, -0.25) is 0 Å². The molecule has 0 saturated carbocycles. The molecule has 0 fully saturated rings. The lowest BCUT2D eigenvalue weighted by Gasteiger charge is -2.12. The fraction of sp³-hybridized carbons (Fsp3) is 0.333. The van der Waals surface area contributed by atoms with Crippen LogP contribution in [0.5, 0.6) is 5.75 Å². The molecule has 3 nitrogen and oxygen atoms in total. The second-order valence-electron chi connectivity index (χ2n) is 3.10.